The van der Waals surface area contributed by atoms with E-state index in [2.05, 4.69) is 15.6 Å². The summed E-state index contributed by atoms with van der Waals surface area (Å²) in [6.45, 7) is -0.236. The van der Waals surface area contributed by atoms with E-state index in [1.165, 1.54) is 36.4 Å². The Morgan fingerprint density at radius 3 is 2.39 bits per heavy atom. The second kappa shape index (κ2) is 18.0. The number of nitrogens with one attached hydrogen (secondary N) is 3. The average Bonchev–Trinajstić information content (AvgIpc) is 4.00. The van der Waals surface area contributed by atoms with E-state index in [0.717, 1.165) is 11.6 Å². The standard InChI is InChI=1S/C48H48N4O15/c49-37-14-13-30(52-37)40(56)36(21-53)64-29-11-9-26(10-12-29)33-17-32(55)38-34(65-33)18-35(42(41(38)57)63-22-25-7-4-8-28(54)16-25)66-46-47(61)19-27(15-24-5-2-1-3-6-24)39(31-20-50-23-51-31)48(62,45(47)60)43(67-46)44(58)59/h1-14,16-19,31,36,39-40,43,45-46,50-54,56-57,60-62H,15,20-23,49H2,(H,58,59)/t31-,36+,39-,40-,43-,45+,46-,47-,48-/m1/s1. The Labute approximate surface area is 380 Å². The molecule has 13 N–H and O–H groups in total. The molecule has 1 aliphatic carbocycles. The number of carboxylic acid groups (broad SMARTS) is 1. The van der Waals surface area contributed by atoms with Gasteiger partial charge >= 0.3 is 5.97 Å². The number of benzene rings is 4. The molecule has 2 aromatic heterocycles. The fourth-order valence-electron chi connectivity index (χ4n) is 9.26. The number of ether oxygens (including phenoxy) is 4. The summed E-state index contributed by atoms with van der Waals surface area (Å²) < 4.78 is 30.4. The van der Waals surface area contributed by atoms with Crippen molar-refractivity contribution in [2.75, 3.05) is 25.6 Å². The molecule has 3 aliphatic rings. The number of phenolic OH excluding ortho intramolecular Hbond substituents is 2. The van der Waals surface area contributed by atoms with Crippen LogP contribution in [0.25, 0.3) is 22.3 Å². The zero-order valence-electron chi connectivity index (χ0n) is 35.5. The topological polar surface area (TPSA) is 312 Å². The van der Waals surface area contributed by atoms with E-state index in [9.17, 15) is 50.4 Å². The van der Waals surface area contributed by atoms with Crippen LogP contribution in [0.5, 0.6) is 28.7 Å². The first-order chi connectivity index (χ1) is 32.2. The maximum atomic E-state index is 13.9. The van der Waals surface area contributed by atoms with Crippen molar-refractivity contribution in [2.45, 2.75) is 61.0 Å². The average molecular weight is 921 g/mol. The number of phenols is 2. The number of carbonyl (C=O) groups is 1. The molecule has 0 radical (unpaired) electrons. The summed E-state index contributed by atoms with van der Waals surface area (Å²) in [5.74, 6) is -3.96. The van der Waals surface area contributed by atoms with Gasteiger partial charge in [0, 0.05) is 48.6 Å². The van der Waals surface area contributed by atoms with Gasteiger partial charge in [-0.25, -0.2) is 4.79 Å². The third-order valence-corrected chi connectivity index (χ3v) is 12.4. The summed E-state index contributed by atoms with van der Waals surface area (Å²) in [6, 6.07) is 26.0. The van der Waals surface area contributed by atoms with E-state index in [4.69, 9.17) is 29.1 Å². The van der Waals surface area contributed by atoms with Crippen LogP contribution in [0.2, 0.25) is 0 Å². The molecule has 0 saturated carbocycles. The lowest BCUT2D eigenvalue weighted by atomic mass is 9.59. The van der Waals surface area contributed by atoms with E-state index in [1.54, 1.807) is 48.5 Å². The Morgan fingerprint density at radius 1 is 0.955 bits per heavy atom. The van der Waals surface area contributed by atoms with Crippen LogP contribution < -0.4 is 36.0 Å². The molecule has 9 rings (SSSR count). The number of fused-ring (bicyclic) bond motifs is 3. The minimum atomic E-state index is -2.65. The second-order valence-electron chi connectivity index (χ2n) is 16.8. The molecule has 67 heavy (non-hydrogen) atoms. The van der Waals surface area contributed by atoms with Crippen LogP contribution >= 0.6 is 0 Å². The maximum Gasteiger partial charge on any atom is 0.336 e. The third kappa shape index (κ3) is 8.43. The summed E-state index contributed by atoms with van der Waals surface area (Å²) in [7, 11) is 0. The Morgan fingerprint density at radius 2 is 1.72 bits per heavy atom. The number of hydrogen-bond donors (Lipinski definition) is 12. The largest absolute Gasteiger partial charge is 0.508 e. The Bertz CT molecular complexity index is 2860. The number of nitrogens with two attached hydrogens (primary N) is 1. The van der Waals surface area contributed by atoms with Crippen LogP contribution in [-0.4, -0.2) is 113 Å². The Hall–Kier alpha value is -6.94. The quantitative estimate of drug-likeness (QED) is 0.0657. The lowest BCUT2D eigenvalue weighted by molar-refractivity contribution is -0.344. The van der Waals surface area contributed by atoms with E-state index in [-0.39, 0.29) is 47.8 Å². The molecule has 0 spiro atoms. The molecule has 4 aromatic carbocycles. The number of rotatable bonds is 15. The number of H-pyrrole nitrogens is 1. The molecule has 2 fully saturated rings. The first-order valence-electron chi connectivity index (χ1n) is 21.3. The van der Waals surface area contributed by atoms with Gasteiger partial charge in [-0.3, -0.25) is 10.1 Å². The molecule has 9 atom stereocenters. The fourth-order valence-corrected chi connectivity index (χ4v) is 9.26. The van der Waals surface area contributed by atoms with Crippen molar-refractivity contribution in [1.29, 1.82) is 0 Å². The van der Waals surface area contributed by atoms with Crippen molar-refractivity contribution in [3.63, 3.8) is 0 Å². The molecule has 19 nitrogen and oxygen atoms in total. The molecule has 19 heteroatoms. The number of aliphatic hydroxyl groups is 5. The highest BCUT2D eigenvalue weighted by molar-refractivity contribution is 5.89. The molecule has 6 aromatic rings. The van der Waals surface area contributed by atoms with Gasteiger partial charge in [-0.1, -0.05) is 48.0 Å². The normalized spacial score (nSPS) is 25.6. The maximum absolute atomic E-state index is 13.9. The summed E-state index contributed by atoms with van der Waals surface area (Å²) in [4.78, 5) is 29.8. The van der Waals surface area contributed by atoms with Crippen molar-refractivity contribution in [3.8, 4) is 40.1 Å². The zero-order valence-corrected chi connectivity index (χ0v) is 35.5. The lowest BCUT2D eigenvalue weighted by Crippen LogP contribution is -2.79. The van der Waals surface area contributed by atoms with Gasteiger partial charge in [0.05, 0.1) is 6.61 Å². The Kier molecular flexibility index (Phi) is 12.2. The van der Waals surface area contributed by atoms with Gasteiger partial charge in [-0.05, 0) is 72.2 Å². The molecular weight excluding hydrogens is 873 g/mol. The monoisotopic (exact) mass is 920 g/mol. The number of aliphatic carboxylic acids is 1. The van der Waals surface area contributed by atoms with Gasteiger partial charge in [0.1, 0.15) is 58.5 Å². The molecule has 4 heterocycles. The highest BCUT2D eigenvalue weighted by Crippen LogP contribution is 2.52. The molecule has 2 saturated heterocycles. The van der Waals surface area contributed by atoms with E-state index in [0.29, 0.717) is 34.9 Å². The third-order valence-electron chi connectivity index (χ3n) is 12.4. The SMILES string of the molecule is Nc1ccc([C@@H](O)[C@H](CO)Oc2ccc(-c3cc(=O)c4c(O)c(OCc5cccc(O)c5)c(O[C@@H]5O[C@H](C(=O)O)[C@]6(O)[C@@H]([C@H]7CNCN7)C(Cc7ccccc7)=C[C@@]5(O)[C@@H]6O)cc4o3)cc2)[nH]1. The summed E-state index contributed by atoms with van der Waals surface area (Å²) >= 11 is 0. The van der Waals surface area contributed by atoms with Gasteiger partial charge < -0.3 is 80.3 Å². The summed E-state index contributed by atoms with van der Waals surface area (Å²) in [6.07, 6.45) is -7.42. The molecule has 350 valence electrons. The molecular formula is C48H48N4O15. The van der Waals surface area contributed by atoms with Gasteiger partial charge in [0.2, 0.25) is 12.0 Å². The number of aromatic amines is 1. The van der Waals surface area contributed by atoms with E-state index in [1.807, 2.05) is 18.2 Å². The zero-order chi connectivity index (χ0) is 47.2. The summed E-state index contributed by atoms with van der Waals surface area (Å²) in [5, 5.41) is 96.6. The predicted octanol–water partition coefficient (Wildman–Crippen LogP) is 2.16. The first-order valence-corrected chi connectivity index (χ1v) is 21.3. The minimum Gasteiger partial charge on any atom is -0.508 e. The number of carboxylic acids is 1. The number of hydrogen-bond acceptors (Lipinski definition) is 17. The number of aromatic hydroxyl groups is 2. The van der Waals surface area contributed by atoms with Crippen LogP contribution in [0.3, 0.4) is 0 Å². The van der Waals surface area contributed by atoms with Gasteiger partial charge in [-0.2, -0.15) is 0 Å². The molecule has 2 aliphatic heterocycles. The number of aliphatic hydroxyl groups excluding tert-OH is 3. The highest BCUT2D eigenvalue weighted by atomic mass is 16.7. The van der Waals surface area contributed by atoms with Crippen molar-refractivity contribution >= 4 is 22.8 Å². The van der Waals surface area contributed by atoms with Gasteiger partial charge in [0.15, 0.2) is 34.7 Å². The predicted molar refractivity (Wildman–Crippen MR) is 238 cm³/mol. The molecule has 0 amide bonds. The minimum absolute atomic E-state index is 0.00391. The number of aromatic nitrogens is 1. The lowest BCUT2D eigenvalue weighted by Gasteiger charge is -2.58. The number of nitrogen functional groups attached to an aromatic ring is 1. The molecule has 0 unspecified atom stereocenters. The van der Waals surface area contributed by atoms with Crippen LogP contribution in [-0.2, 0) is 22.6 Å². The van der Waals surface area contributed by atoms with Crippen molar-refractivity contribution in [1.82, 2.24) is 15.6 Å². The Balaban J connectivity index is 1.11. The van der Waals surface area contributed by atoms with Crippen LogP contribution in [0, 0.1) is 5.92 Å². The van der Waals surface area contributed by atoms with E-state index < -0.39 is 89.1 Å². The number of anilines is 1. The second-order valence-corrected chi connectivity index (χ2v) is 16.8. The summed E-state index contributed by atoms with van der Waals surface area (Å²) in [5.41, 5.74) is 1.74. The molecule has 2 bridgehead atoms. The smallest absolute Gasteiger partial charge is 0.336 e. The fraction of sp³-hybridized carbons (Fsp3) is 0.292. The van der Waals surface area contributed by atoms with Crippen molar-refractivity contribution < 1.29 is 69.0 Å². The highest BCUT2D eigenvalue weighted by Gasteiger charge is 2.71. The first kappa shape index (κ1) is 45.2. The van der Waals surface area contributed by atoms with Gasteiger partial charge in [-0.15, -0.1) is 0 Å². The van der Waals surface area contributed by atoms with E-state index >= 15 is 0 Å². The van der Waals surface area contributed by atoms with Gasteiger partial charge in [0.25, 0.3) is 0 Å². The van der Waals surface area contributed by atoms with Crippen LogP contribution in [0.15, 0.2) is 124 Å². The van der Waals surface area contributed by atoms with Crippen molar-refractivity contribution in [2.24, 2.45) is 5.92 Å². The van der Waals surface area contributed by atoms with Crippen LogP contribution in [0.1, 0.15) is 22.9 Å². The van der Waals surface area contributed by atoms with Crippen LogP contribution in [0.4, 0.5) is 5.82 Å². The van der Waals surface area contributed by atoms with Crippen molar-refractivity contribution in [3.05, 3.63) is 142 Å².